The maximum Gasteiger partial charge on any atom is 2.00 e. The van der Waals surface area contributed by atoms with Crippen molar-refractivity contribution in [3.05, 3.63) is 89.2 Å². The van der Waals surface area contributed by atoms with Gasteiger partial charge in [-0.3, -0.25) is 6.08 Å². The van der Waals surface area contributed by atoms with Crippen LogP contribution < -0.4 is 0 Å². The van der Waals surface area contributed by atoms with Gasteiger partial charge in [-0.25, -0.2) is 5.57 Å². The minimum atomic E-state index is 0. The number of nitrogens with one attached hydrogen (secondary N) is 1. The third-order valence-corrected chi connectivity index (χ3v) is 8.16. The van der Waals surface area contributed by atoms with Gasteiger partial charge in [-0.05, 0) is 48.1 Å². The molecule has 7 rings (SSSR count). The third-order valence-electron chi connectivity index (χ3n) is 8.16. The Balaban J connectivity index is 0.000000180. The van der Waals surface area contributed by atoms with Gasteiger partial charge in [0.15, 0.2) is 0 Å². The van der Waals surface area contributed by atoms with Crippen LogP contribution in [-0.2, 0) is 21.7 Å². The van der Waals surface area contributed by atoms with Crippen LogP contribution in [-0.4, -0.2) is 15.1 Å². The van der Waals surface area contributed by atoms with Crippen molar-refractivity contribution in [3.63, 3.8) is 0 Å². The minimum absolute atomic E-state index is 0. The number of hydrogen-bond donors (Lipinski definition) is 0. The van der Waals surface area contributed by atoms with Crippen LogP contribution in [0.2, 0.25) is 13.1 Å². The van der Waals surface area contributed by atoms with Gasteiger partial charge in [-0.1, -0.05) is 120 Å². The van der Waals surface area contributed by atoms with E-state index in [4.69, 9.17) is 5.73 Å². The summed E-state index contributed by atoms with van der Waals surface area (Å²) in [6, 6.07) is 20.8. The molecule has 1 unspecified atom stereocenters. The zero-order chi connectivity index (χ0) is 25.4. The maximum absolute atomic E-state index is 8.21. The molecule has 1 atom stereocenters. The first-order valence-electron chi connectivity index (χ1n) is 13.6. The van der Waals surface area contributed by atoms with E-state index in [1.54, 1.807) is 0 Å². The topological polar surface area (TPSA) is 23.8 Å². The standard InChI is InChI=1S/C12H10.C10H16N.C9H13.C2H7Si.Ti/c1-3-7-11(8-4-1)12-9-5-2-6-10-12;11-10-4-7-1-8(5-10)3-9(2-7)6-10;1-6-5-7(2)9(4)8(6)3;1-3-2;/h1-10H;7-9,11H,1-6H2;6H,1-4H3;3H,1-2H3;/q;2*-1;;+2. The fraction of sp³-hybridized carbons (Fsp3) is 0.515. The molecule has 4 saturated carbocycles. The van der Waals surface area contributed by atoms with Crippen LogP contribution in [0.1, 0.15) is 66.2 Å². The van der Waals surface area contributed by atoms with Gasteiger partial charge >= 0.3 is 21.7 Å². The molecule has 0 spiro atoms. The molecule has 2 aromatic rings. The van der Waals surface area contributed by atoms with Gasteiger partial charge in [0, 0.05) is 9.52 Å². The van der Waals surface area contributed by atoms with Crippen LogP contribution in [0.25, 0.3) is 16.9 Å². The van der Waals surface area contributed by atoms with Gasteiger partial charge in [0.25, 0.3) is 0 Å². The van der Waals surface area contributed by atoms with E-state index >= 15 is 0 Å². The summed E-state index contributed by atoms with van der Waals surface area (Å²) in [5.41, 5.74) is 15.1. The summed E-state index contributed by atoms with van der Waals surface area (Å²) in [6.45, 7) is 13.1. The van der Waals surface area contributed by atoms with E-state index in [9.17, 15) is 0 Å². The molecule has 0 saturated heterocycles. The summed E-state index contributed by atoms with van der Waals surface area (Å²) in [5, 5.41) is 0. The Morgan fingerprint density at radius 2 is 1.11 bits per heavy atom. The van der Waals surface area contributed by atoms with Crippen molar-refractivity contribution in [3.8, 4) is 11.1 Å². The van der Waals surface area contributed by atoms with Crippen molar-refractivity contribution in [1.82, 2.24) is 0 Å². The van der Waals surface area contributed by atoms with Crippen LogP contribution in [0.4, 0.5) is 0 Å². The van der Waals surface area contributed by atoms with E-state index < -0.39 is 0 Å². The second kappa shape index (κ2) is 14.7. The molecule has 0 aromatic heterocycles. The SMILES string of the molecule is CC1=[C-]C(C)C(C)=C1C.C[SiH]C.[NH-]C12CC3CC(CC(C3)C1)C2.[Ti+2].c1ccc(-c2ccccc2)cc1. The molecule has 0 heterocycles. The molecule has 4 fully saturated rings. The zero-order valence-electron chi connectivity index (χ0n) is 23.4. The van der Waals surface area contributed by atoms with E-state index in [0.29, 0.717) is 5.92 Å². The molecule has 1 radical (unpaired) electrons. The van der Waals surface area contributed by atoms with E-state index in [1.807, 2.05) is 12.1 Å². The third kappa shape index (κ3) is 8.69. The Hall–Kier alpha value is -1.19. The molecule has 36 heavy (non-hydrogen) atoms. The van der Waals surface area contributed by atoms with Crippen LogP contribution in [0.3, 0.4) is 0 Å². The van der Waals surface area contributed by atoms with Crippen LogP contribution in [0.5, 0.6) is 0 Å². The minimum Gasteiger partial charge on any atom is -0.672 e. The summed E-state index contributed by atoms with van der Waals surface area (Å²) in [6.07, 6.45) is 11.5. The quantitative estimate of drug-likeness (QED) is 0.258. The molecule has 3 heteroatoms. The number of hydrogen-bond acceptors (Lipinski definition) is 0. The van der Waals surface area contributed by atoms with Gasteiger partial charge in [0.1, 0.15) is 0 Å². The van der Waals surface area contributed by atoms with Crippen molar-refractivity contribution in [2.45, 2.75) is 84.9 Å². The molecule has 1 nitrogen and oxygen atoms in total. The summed E-state index contributed by atoms with van der Waals surface area (Å²) >= 11 is 0. The molecule has 5 aliphatic carbocycles. The second-order valence-corrected chi connectivity index (χ2v) is 12.5. The molecule has 191 valence electrons. The summed E-state index contributed by atoms with van der Waals surface area (Å²) in [7, 11) is 0.750. The van der Waals surface area contributed by atoms with Gasteiger partial charge in [0.2, 0.25) is 0 Å². The first kappa shape index (κ1) is 31.0. The van der Waals surface area contributed by atoms with Crippen LogP contribution in [0.15, 0.2) is 77.4 Å². The van der Waals surface area contributed by atoms with Gasteiger partial charge in [0.05, 0.1) is 0 Å². The average Bonchev–Trinajstić information content (AvgIpc) is 3.05. The van der Waals surface area contributed by atoms with Crippen LogP contribution in [0, 0.1) is 29.7 Å². The van der Waals surface area contributed by atoms with E-state index in [-0.39, 0.29) is 27.3 Å². The predicted octanol–water partition coefficient (Wildman–Crippen LogP) is 9.60. The maximum atomic E-state index is 8.21. The first-order chi connectivity index (χ1) is 16.7. The number of benzene rings is 2. The van der Waals surface area contributed by atoms with Crippen molar-refractivity contribution in [2.24, 2.45) is 23.7 Å². The van der Waals surface area contributed by atoms with Gasteiger partial charge < -0.3 is 5.73 Å². The Labute approximate surface area is 239 Å². The van der Waals surface area contributed by atoms with Gasteiger partial charge in [-0.15, -0.1) is 12.5 Å². The normalized spacial score (nSPS) is 28.9. The Bertz CT molecular complexity index is 906. The first-order valence-corrected chi connectivity index (χ1v) is 15.9. The van der Waals surface area contributed by atoms with Crippen molar-refractivity contribution in [1.29, 1.82) is 0 Å². The Kier molecular flexibility index (Phi) is 12.6. The average molecular weight is 533 g/mol. The molecule has 1 N–H and O–H groups in total. The zero-order valence-corrected chi connectivity index (χ0v) is 26.1. The summed E-state index contributed by atoms with van der Waals surface area (Å²) in [4.78, 5) is 0. The number of rotatable bonds is 1. The molecule has 4 bridgehead atoms. The fourth-order valence-corrected chi connectivity index (χ4v) is 6.53. The molecule has 0 aliphatic heterocycles. The molecule has 0 amide bonds. The Morgan fingerprint density at radius 1 is 0.750 bits per heavy atom. The monoisotopic (exact) mass is 532 g/mol. The Morgan fingerprint density at radius 3 is 1.33 bits per heavy atom. The predicted molar refractivity (Wildman–Crippen MR) is 156 cm³/mol. The summed E-state index contributed by atoms with van der Waals surface area (Å²) in [5.74, 6) is 3.43. The largest absolute Gasteiger partial charge is 2.00 e. The molecular formula is C33H46NSiTi. The van der Waals surface area contributed by atoms with Crippen molar-refractivity contribution < 1.29 is 21.7 Å². The molecule has 5 aliphatic rings. The van der Waals surface area contributed by atoms with E-state index in [0.717, 1.165) is 27.3 Å². The van der Waals surface area contributed by atoms with Crippen molar-refractivity contribution in [2.75, 3.05) is 0 Å². The fourth-order valence-electron chi connectivity index (χ4n) is 6.53. The number of allylic oxidation sites excluding steroid dienone is 4. The van der Waals surface area contributed by atoms with Gasteiger partial charge in [-0.2, -0.15) is 11.1 Å². The van der Waals surface area contributed by atoms with Crippen LogP contribution >= 0.6 is 0 Å². The molecular weight excluding hydrogens is 486 g/mol. The van der Waals surface area contributed by atoms with E-state index in [1.165, 1.54) is 66.4 Å². The van der Waals surface area contributed by atoms with Crippen molar-refractivity contribution >= 4 is 9.52 Å². The molecule has 2 aromatic carbocycles. The van der Waals surface area contributed by atoms with E-state index in [2.05, 4.69) is 95.4 Å². The smallest absolute Gasteiger partial charge is 0.672 e. The summed E-state index contributed by atoms with van der Waals surface area (Å²) < 4.78 is 0. The second-order valence-electron chi connectivity index (χ2n) is 11.3.